The maximum absolute atomic E-state index is 11.8. The van der Waals surface area contributed by atoms with Crippen molar-refractivity contribution in [2.24, 2.45) is 0 Å². The van der Waals surface area contributed by atoms with Crippen LogP contribution in [0.25, 0.3) is 21.5 Å². The summed E-state index contributed by atoms with van der Waals surface area (Å²) in [4.78, 5) is 33.8. The molecule has 4 rings (SSSR count). The molecular weight excluding hydrogens is 592 g/mol. The van der Waals surface area contributed by atoms with Gasteiger partial charge in [-0.1, -0.05) is 24.3 Å². The molecule has 0 fully saturated rings. The fourth-order valence-corrected chi connectivity index (χ4v) is 3.70. The van der Waals surface area contributed by atoms with Crippen molar-refractivity contribution in [3.05, 3.63) is 72.8 Å². The van der Waals surface area contributed by atoms with E-state index in [1.165, 1.54) is 0 Å². The Bertz CT molecular complexity index is 1640. The second-order valence-electron chi connectivity index (χ2n) is 13.1. The standard InChI is InChI=1S/C15H17NO3.C10H9NO.C10H18O5/c1-15(2,3)19-14(18)16-13-6-4-5-10-9-11(17)7-8-12(10)13;11-10-3-1-2-7-6-8(12)4-5-9(7)10;1-9(2,3)14-7(11)13-8(12)15-10(4,5)6/h4-9,17H,1-3H3,(H,16,18);1-6,12H,11H2;1-6H3. The lowest BCUT2D eigenvalue weighted by molar-refractivity contribution is -0.0294. The van der Waals surface area contributed by atoms with Gasteiger partial charge in [-0.15, -0.1) is 0 Å². The third-order valence-corrected chi connectivity index (χ3v) is 5.34. The number of ether oxygens (including phenoxy) is 4. The molecule has 0 radical (unpaired) electrons. The van der Waals surface area contributed by atoms with Crippen LogP contribution in [0.3, 0.4) is 0 Å². The molecule has 4 aromatic rings. The molecular formula is C35H44N2O9. The number of rotatable bonds is 1. The number of nitrogen functional groups attached to an aromatic ring is 1. The third-order valence-electron chi connectivity index (χ3n) is 5.34. The quantitative estimate of drug-likeness (QED) is 0.0685. The van der Waals surface area contributed by atoms with E-state index in [-0.39, 0.29) is 11.5 Å². The smallest absolute Gasteiger partial charge is 0.508 e. The summed E-state index contributed by atoms with van der Waals surface area (Å²) in [5.74, 6) is 0.468. The minimum absolute atomic E-state index is 0.196. The largest absolute Gasteiger partial charge is 0.519 e. The monoisotopic (exact) mass is 636 g/mol. The minimum Gasteiger partial charge on any atom is -0.508 e. The molecule has 0 spiro atoms. The SMILES string of the molecule is CC(C)(C)OC(=O)Nc1cccc2cc(O)ccc12.CC(C)(C)OC(=O)OC(=O)OC(C)(C)C.Nc1cccc2cc(O)ccc12. The number of fused-ring (bicyclic) bond motifs is 2. The van der Waals surface area contributed by atoms with Crippen molar-refractivity contribution in [2.75, 3.05) is 11.1 Å². The molecule has 11 nitrogen and oxygen atoms in total. The lowest BCUT2D eigenvalue weighted by atomic mass is 10.1. The van der Waals surface area contributed by atoms with Crippen LogP contribution in [0.2, 0.25) is 0 Å². The number of phenols is 2. The van der Waals surface area contributed by atoms with Gasteiger partial charge in [-0.05, 0) is 122 Å². The highest BCUT2D eigenvalue weighted by Crippen LogP contribution is 2.27. The van der Waals surface area contributed by atoms with Gasteiger partial charge in [-0.25, -0.2) is 14.4 Å². The molecule has 0 heterocycles. The number of nitrogens with two attached hydrogens (primary N) is 1. The Morgan fingerprint density at radius 1 is 0.609 bits per heavy atom. The highest BCUT2D eigenvalue weighted by atomic mass is 16.8. The van der Waals surface area contributed by atoms with Gasteiger partial charge in [-0.2, -0.15) is 0 Å². The summed E-state index contributed by atoms with van der Waals surface area (Å²) < 4.78 is 19.0. The topological polar surface area (TPSA) is 167 Å². The Kier molecular flexibility index (Phi) is 12.2. The summed E-state index contributed by atoms with van der Waals surface area (Å²) in [6.07, 6.45) is -2.61. The molecule has 0 unspecified atom stereocenters. The van der Waals surface area contributed by atoms with Gasteiger partial charge in [0.1, 0.15) is 28.3 Å². The van der Waals surface area contributed by atoms with Crippen LogP contribution in [0.5, 0.6) is 11.5 Å². The first-order valence-corrected chi connectivity index (χ1v) is 14.4. The van der Waals surface area contributed by atoms with Crippen LogP contribution < -0.4 is 11.1 Å². The van der Waals surface area contributed by atoms with Crippen molar-refractivity contribution in [3.8, 4) is 11.5 Å². The van der Waals surface area contributed by atoms with Gasteiger partial charge in [-0.3, -0.25) is 5.32 Å². The molecule has 5 N–H and O–H groups in total. The predicted octanol–water partition coefficient (Wildman–Crippen LogP) is 8.89. The van der Waals surface area contributed by atoms with Crippen LogP contribution in [-0.4, -0.2) is 45.4 Å². The van der Waals surface area contributed by atoms with Gasteiger partial charge in [0.15, 0.2) is 0 Å². The molecule has 0 bridgehead atoms. The molecule has 248 valence electrons. The van der Waals surface area contributed by atoms with Crippen molar-refractivity contribution in [1.29, 1.82) is 0 Å². The summed E-state index contributed by atoms with van der Waals surface area (Å²) >= 11 is 0. The van der Waals surface area contributed by atoms with Crippen molar-refractivity contribution in [1.82, 2.24) is 0 Å². The Hall–Kier alpha value is -5.19. The second kappa shape index (κ2) is 15.2. The van der Waals surface area contributed by atoms with Crippen LogP contribution in [0.4, 0.5) is 25.8 Å². The number of aromatic hydroxyl groups is 2. The van der Waals surface area contributed by atoms with E-state index in [4.69, 9.17) is 19.9 Å². The molecule has 0 aromatic heterocycles. The molecule has 46 heavy (non-hydrogen) atoms. The van der Waals surface area contributed by atoms with Crippen LogP contribution in [0.1, 0.15) is 62.3 Å². The molecule has 11 heteroatoms. The lowest BCUT2D eigenvalue weighted by Crippen LogP contribution is -2.29. The van der Waals surface area contributed by atoms with Gasteiger partial charge in [0.2, 0.25) is 0 Å². The number of nitrogens with one attached hydrogen (secondary N) is 1. The van der Waals surface area contributed by atoms with Gasteiger partial charge >= 0.3 is 18.4 Å². The average Bonchev–Trinajstić information content (AvgIpc) is 2.86. The van der Waals surface area contributed by atoms with E-state index in [0.717, 1.165) is 27.2 Å². The number of benzene rings is 4. The number of anilines is 2. The first-order chi connectivity index (χ1) is 21.1. The first kappa shape index (κ1) is 37.0. The zero-order valence-corrected chi connectivity index (χ0v) is 27.8. The fourth-order valence-electron chi connectivity index (χ4n) is 3.70. The van der Waals surface area contributed by atoms with E-state index < -0.39 is 35.2 Å². The molecule has 4 aromatic carbocycles. The number of carbonyl (C=O) groups is 3. The molecule has 0 saturated heterocycles. The van der Waals surface area contributed by atoms with Gasteiger partial charge in [0.05, 0.1) is 5.69 Å². The minimum atomic E-state index is -1.06. The zero-order chi connectivity index (χ0) is 34.9. The molecule has 0 saturated carbocycles. The maximum atomic E-state index is 11.8. The lowest BCUT2D eigenvalue weighted by Gasteiger charge is -2.20. The van der Waals surface area contributed by atoms with Gasteiger partial charge < -0.3 is 34.9 Å². The van der Waals surface area contributed by atoms with E-state index in [1.807, 2.05) is 57.2 Å². The van der Waals surface area contributed by atoms with E-state index >= 15 is 0 Å². The van der Waals surface area contributed by atoms with E-state index in [9.17, 15) is 24.6 Å². The van der Waals surface area contributed by atoms with Gasteiger partial charge in [0.25, 0.3) is 0 Å². The predicted molar refractivity (Wildman–Crippen MR) is 179 cm³/mol. The first-order valence-electron chi connectivity index (χ1n) is 14.4. The second-order valence-corrected chi connectivity index (χ2v) is 13.1. The highest BCUT2D eigenvalue weighted by molar-refractivity contribution is 6.00. The normalized spacial score (nSPS) is 11.2. The summed E-state index contributed by atoms with van der Waals surface area (Å²) in [6.45, 7) is 15.5. The van der Waals surface area contributed by atoms with Crippen molar-refractivity contribution in [2.45, 2.75) is 79.1 Å². The fraction of sp³-hybridized carbons (Fsp3) is 0.343. The number of carbonyl (C=O) groups excluding carboxylic acids is 3. The molecule has 0 aliphatic rings. The molecule has 0 atom stereocenters. The average molecular weight is 637 g/mol. The third kappa shape index (κ3) is 13.6. The number of hydrogen-bond donors (Lipinski definition) is 4. The van der Waals surface area contributed by atoms with Crippen molar-refractivity contribution >= 4 is 51.3 Å². The summed E-state index contributed by atoms with van der Waals surface area (Å²) in [5.41, 5.74) is 5.20. The number of phenolic OH excluding ortho intramolecular Hbond substituents is 2. The number of amides is 1. The maximum Gasteiger partial charge on any atom is 0.519 e. The highest BCUT2D eigenvalue weighted by Gasteiger charge is 2.24. The Labute approximate surface area is 269 Å². The van der Waals surface area contributed by atoms with E-state index in [1.54, 1.807) is 77.9 Å². The van der Waals surface area contributed by atoms with Crippen LogP contribution in [-0.2, 0) is 18.9 Å². The van der Waals surface area contributed by atoms with Crippen LogP contribution in [0.15, 0.2) is 72.8 Å². The van der Waals surface area contributed by atoms with E-state index in [0.29, 0.717) is 5.69 Å². The van der Waals surface area contributed by atoms with Crippen molar-refractivity contribution in [3.63, 3.8) is 0 Å². The van der Waals surface area contributed by atoms with Crippen LogP contribution in [0, 0.1) is 0 Å². The summed E-state index contributed by atoms with van der Waals surface area (Å²) in [6, 6.07) is 21.3. The Morgan fingerprint density at radius 3 is 1.52 bits per heavy atom. The summed E-state index contributed by atoms with van der Waals surface area (Å²) in [7, 11) is 0. The molecule has 1 amide bonds. The Balaban J connectivity index is 0.000000247. The molecule has 0 aliphatic carbocycles. The van der Waals surface area contributed by atoms with E-state index in [2.05, 4.69) is 10.1 Å². The Morgan fingerprint density at radius 2 is 1.04 bits per heavy atom. The molecule has 0 aliphatic heterocycles. The van der Waals surface area contributed by atoms with Crippen molar-refractivity contribution < 1.29 is 43.5 Å². The van der Waals surface area contributed by atoms with Gasteiger partial charge in [0, 0.05) is 16.5 Å². The zero-order valence-electron chi connectivity index (χ0n) is 27.8. The summed E-state index contributed by atoms with van der Waals surface area (Å²) in [5, 5.41) is 25.0. The number of hydrogen-bond acceptors (Lipinski definition) is 10. The van der Waals surface area contributed by atoms with Crippen LogP contribution >= 0.6 is 0 Å².